The van der Waals surface area contributed by atoms with Crippen LogP contribution in [0.5, 0.6) is 11.8 Å². The lowest BCUT2D eigenvalue weighted by Gasteiger charge is -2.19. The molecule has 152 valence electrons. The Labute approximate surface area is 175 Å². The number of para-hydroxylation sites is 1. The number of fused-ring (bicyclic) bond motifs is 1. The normalized spacial score (nSPS) is 11.6. The molecule has 4 rings (SSSR count). The SMILES string of the molecule is Cc1cc(C)nc(Oc2c(-c3ccc(C(C)(C)C)cc3)oc3ccccc3c2=O)n1. The van der Waals surface area contributed by atoms with E-state index in [2.05, 4.69) is 30.7 Å². The first-order valence-corrected chi connectivity index (χ1v) is 9.89. The highest BCUT2D eigenvalue weighted by Gasteiger charge is 2.21. The summed E-state index contributed by atoms with van der Waals surface area (Å²) in [7, 11) is 0. The molecule has 0 bridgehead atoms. The molecule has 0 amide bonds. The Kier molecular flexibility index (Phi) is 4.90. The molecule has 0 aliphatic heterocycles. The average Bonchev–Trinajstić information content (AvgIpc) is 2.69. The maximum Gasteiger partial charge on any atom is 0.322 e. The van der Waals surface area contributed by atoms with Crippen LogP contribution in [-0.2, 0) is 5.41 Å². The van der Waals surface area contributed by atoms with Gasteiger partial charge >= 0.3 is 6.01 Å². The van der Waals surface area contributed by atoms with E-state index in [1.807, 2.05) is 50.2 Å². The fraction of sp³-hybridized carbons (Fsp3) is 0.240. The van der Waals surface area contributed by atoms with E-state index in [4.69, 9.17) is 9.15 Å². The van der Waals surface area contributed by atoms with E-state index in [9.17, 15) is 4.79 Å². The second kappa shape index (κ2) is 7.41. The lowest BCUT2D eigenvalue weighted by Crippen LogP contribution is -2.11. The van der Waals surface area contributed by atoms with Crippen molar-refractivity contribution in [2.45, 2.75) is 40.0 Å². The van der Waals surface area contributed by atoms with Crippen molar-refractivity contribution in [3.8, 4) is 23.1 Å². The molecule has 0 fully saturated rings. The van der Waals surface area contributed by atoms with Gasteiger partial charge < -0.3 is 9.15 Å². The Bertz CT molecular complexity index is 1260. The summed E-state index contributed by atoms with van der Waals surface area (Å²) in [4.78, 5) is 21.9. The maximum atomic E-state index is 13.3. The Hall–Kier alpha value is -3.47. The number of aryl methyl sites for hydroxylation is 2. The van der Waals surface area contributed by atoms with Crippen molar-refractivity contribution < 1.29 is 9.15 Å². The predicted octanol–water partition coefficient (Wildman–Crippen LogP) is 5.96. The van der Waals surface area contributed by atoms with Crippen LogP contribution in [0, 0.1) is 13.8 Å². The highest BCUT2D eigenvalue weighted by Crippen LogP contribution is 2.34. The molecule has 0 aliphatic rings. The Morgan fingerprint density at radius 2 is 1.53 bits per heavy atom. The maximum absolute atomic E-state index is 13.3. The summed E-state index contributed by atoms with van der Waals surface area (Å²) < 4.78 is 12.1. The molecule has 0 saturated heterocycles. The van der Waals surface area contributed by atoms with E-state index >= 15 is 0 Å². The quantitative estimate of drug-likeness (QED) is 0.425. The third kappa shape index (κ3) is 3.83. The molecule has 5 heteroatoms. The van der Waals surface area contributed by atoms with Crippen molar-refractivity contribution in [1.82, 2.24) is 9.97 Å². The van der Waals surface area contributed by atoms with Crippen molar-refractivity contribution >= 4 is 11.0 Å². The first kappa shape index (κ1) is 19.8. The molecule has 2 aromatic heterocycles. The van der Waals surface area contributed by atoms with Gasteiger partial charge in [-0.3, -0.25) is 4.79 Å². The van der Waals surface area contributed by atoms with Crippen molar-refractivity contribution in [3.05, 3.63) is 81.8 Å². The molecule has 2 aromatic carbocycles. The predicted molar refractivity (Wildman–Crippen MR) is 118 cm³/mol. The van der Waals surface area contributed by atoms with Crippen LogP contribution < -0.4 is 10.2 Å². The van der Waals surface area contributed by atoms with Crippen LogP contribution in [0.4, 0.5) is 0 Å². The Morgan fingerprint density at radius 3 is 2.17 bits per heavy atom. The summed E-state index contributed by atoms with van der Waals surface area (Å²) in [6.07, 6.45) is 0. The van der Waals surface area contributed by atoms with Gasteiger partial charge in [0, 0.05) is 17.0 Å². The minimum Gasteiger partial charge on any atom is -0.452 e. The van der Waals surface area contributed by atoms with Gasteiger partial charge in [0.15, 0.2) is 5.76 Å². The lowest BCUT2D eigenvalue weighted by atomic mass is 9.86. The largest absolute Gasteiger partial charge is 0.452 e. The van der Waals surface area contributed by atoms with Gasteiger partial charge in [-0.25, -0.2) is 9.97 Å². The van der Waals surface area contributed by atoms with Crippen LogP contribution in [0.25, 0.3) is 22.3 Å². The number of ether oxygens (including phenoxy) is 1. The second-order valence-corrected chi connectivity index (χ2v) is 8.45. The zero-order chi connectivity index (χ0) is 21.5. The fourth-order valence-electron chi connectivity index (χ4n) is 3.36. The van der Waals surface area contributed by atoms with E-state index in [1.165, 1.54) is 5.56 Å². The van der Waals surface area contributed by atoms with Crippen LogP contribution >= 0.6 is 0 Å². The van der Waals surface area contributed by atoms with Gasteiger partial charge in [-0.05, 0) is 43.0 Å². The van der Waals surface area contributed by atoms with E-state index in [0.29, 0.717) is 16.7 Å². The number of nitrogens with zero attached hydrogens (tertiary/aromatic N) is 2. The minimum atomic E-state index is -0.255. The third-order valence-corrected chi connectivity index (χ3v) is 4.92. The van der Waals surface area contributed by atoms with Gasteiger partial charge in [0.2, 0.25) is 11.2 Å². The summed E-state index contributed by atoms with van der Waals surface area (Å²) in [5, 5.41) is 0.451. The summed E-state index contributed by atoms with van der Waals surface area (Å²) in [6.45, 7) is 10.2. The van der Waals surface area contributed by atoms with Crippen LogP contribution in [0.2, 0.25) is 0 Å². The first-order chi connectivity index (χ1) is 14.2. The van der Waals surface area contributed by atoms with Gasteiger partial charge in [-0.2, -0.15) is 0 Å². The van der Waals surface area contributed by atoms with E-state index in [1.54, 1.807) is 18.2 Å². The molecule has 0 unspecified atom stereocenters. The average molecular weight is 400 g/mol. The third-order valence-electron chi connectivity index (χ3n) is 4.92. The van der Waals surface area contributed by atoms with Gasteiger partial charge in [0.1, 0.15) is 5.58 Å². The topological polar surface area (TPSA) is 65.2 Å². The van der Waals surface area contributed by atoms with E-state index < -0.39 is 0 Å². The molecule has 4 aromatic rings. The molecule has 0 radical (unpaired) electrons. The minimum absolute atomic E-state index is 0.0228. The standard InChI is InChI=1S/C25H24N2O3/c1-15-14-16(2)27-24(26-15)30-23-21(28)19-8-6-7-9-20(19)29-22(23)17-10-12-18(13-11-17)25(3,4)5/h6-14H,1-5H3. The molecule has 0 atom stereocenters. The molecule has 30 heavy (non-hydrogen) atoms. The van der Waals surface area contributed by atoms with Gasteiger partial charge in [0.25, 0.3) is 0 Å². The number of hydrogen-bond donors (Lipinski definition) is 0. The zero-order valence-electron chi connectivity index (χ0n) is 17.8. The molecule has 0 N–H and O–H groups in total. The van der Waals surface area contributed by atoms with Crippen molar-refractivity contribution in [2.75, 3.05) is 0 Å². The van der Waals surface area contributed by atoms with Gasteiger partial charge in [0.05, 0.1) is 5.39 Å². The van der Waals surface area contributed by atoms with Crippen LogP contribution in [0.3, 0.4) is 0 Å². The highest BCUT2D eigenvalue weighted by atomic mass is 16.5. The van der Waals surface area contributed by atoms with Crippen molar-refractivity contribution in [2.24, 2.45) is 0 Å². The molecular formula is C25H24N2O3. The molecule has 0 aliphatic carbocycles. The Balaban J connectivity index is 1.91. The monoisotopic (exact) mass is 400 g/mol. The van der Waals surface area contributed by atoms with E-state index in [-0.39, 0.29) is 22.6 Å². The summed E-state index contributed by atoms with van der Waals surface area (Å²) in [6, 6.07) is 17.1. The van der Waals surface area contributed by atoms with Crippen molar-refractivity contribution in [3.63, 3.8) is 0 Å². The number of hydrogen-bond acceptors (Lipinski definition) is 5. The zero-order valence-corrected chi connectivity index (χ0v) is 17.8. The highest BCUT2D eigenvalue weighted by molar-refractivity contribution is 5.82. The number of rotatable bonds is 3. The van der Waals surface area contributed by atoms with Crippen molar-refractivity contribution in [1.29, 1.82) is 0 Å². The molecule has 5 nitrogen and oxygen atoms in total. The Morgan fingerprint density at radius 1 is 0.900 bits per heavy atom. The summed E-state index contributed by atoms with van der Waals surface area (Å²) in [5.41, 5.74) is 3.74. The number of aromatic nitrogens is 2. The number of benzene rings is 2. The molecule has 0 saturated carbocycles. The van der Waals surface area contributed by atoms with Gasteiger partial charge in [-0.1, -0.05) is 57.2 Å². The molecule has 0 spiro atoms. The molecule has 2 heterocycles. The van der Waals surface area contributed by atoms with E-state index in [0.717, 1.165) is 17.0 Å². The smallest absolute Gasteiger partial charge is 0.322 e. The van der Waals surface area contributed by atoms with Crippen LogP contribution in [0.1, 0.15) is 37.7 Å². The van der Waals surface area contributed by atoms with Crippen LogP contribution in [-0.4, -0.2) is 9.97 Å². The summed E-state index contributed by atoms with van der Waals surface area (Å²) >= 11 is 0. The summed E-state index contributed by atoms with van der Waals surface area (Å²) in [5.74, 6) is 0.448. The molecular weight excluding hydrogens is 376 g/mol. The first-order valence-electron chi connectivity index (χ1n) is 9.89. The second-order valence-electron chi connectivity index (χ2n) is 8.45. The lowest BCUT2D eigenvalue weighted by molar-refractivity contribution is 0.421. The fourth-order valence-corrected chi connectivity index (χ4v) is 3.36. The van der Waals surface area contributed by atoms with Crippen LogP contribution in [0.15, 0.2) is 63.8 Å². The van der Waals surface area contributed by atoms with Gasteiger partial charge in [-0.15, -0.1) is 0 Å².